The molecule has 1 N–H and O–H groups in total. The van der Waals surface area contributed by atoms with Gasteiger partial charge in [0.05, 0.1) is 21.4 Å². The highest BCUT2D eigenvalue weighted by atomic mass is 32.2. The zero-order valence-corrected chi connectivity index (χ0v) is 17.3. The molecule has 3 aromatic heterocycles. The Morgan fingerprint density at radius 3 is 2.79 bits per heavy atom. The Hall–Kier alpha value is -2.58. The third-order valence-electron chi connectivity index (χ3n) is 4.47. The quantitative estimate of drug-likeness (QED) is 0.485. The minimum atomic E-state index is 0.335. The molecule has 0 spiro atoms. The van der Waals surface area contributed by atoms with E-state index in [2.05, 4.69) is 54.7 Å². The van der Waals surface area contributed by atoms with Gasteiger partial charge in [-0.25, -0.2) is 24.9 Å². The number of fused-ring (bicyclic) bond motifs is 1. The van der Waals surface area contributed by atoms with Gasteiger partial charge in [-0.15, -0.1) is 11.3 Å². The maximum absolute atomic E-state index is 4.58. The molecular weight excluding hydrogens is 388 g/mol. The number of thiazole rings is 1. The maximum Gasteiger partial charge on any atom is 0.129 e. The summed E-state index contributed by atoms with van der Waals surface area (Å²) < 4.78 is 1.23. The van der Waals surface area contributed by atoms with Gasteiger partial charge >= 0.3 is 0 Å². The van der Waals surface area contributed by atoms with Crippen LogP contribution in [-0.4, -0.2) is 43.5 Å². The van der Waals surface area contributed by atoms with Gasteiger partial charge < -0.3 is 5.32 Å². The largest absolute Gasteiger partial charge is 0.369 e. The van der Waals surface area contributed by atoms with Crippen LogP contribution in [0, 0.1) is 6.92 Å². The average Bonchev–Trinajstić information content (AvgIpc) is 3.21. The molecule has 0 aliphatic carbocycles. The Morgan fingerprint density at radius 2 is 1.96 bits per heavy atom. The topological polar surface area (TPSA) is 76.5 Å². The Labute approximate surface area is 171 Å². The molecule has 0 saturated carbocycles. The lowest BCUT2D eigenvalue weighted by Gasteiger charge is -2.18. The van der Waals surface area contributed by atoms with Gasteiger partial charge in [-0.1, -0.05) is 12.1 Å². The number of rotatable bonds is 7. The second-order valence-electron chi connectivity index (χ2n) is 6.39. The Morgan fingerprint density at radius 1 is 1.11 bits per heavy atom. The van der Waals surface area contributed by atoms with Crippen LogP contribution in [0.2, 0.25) is 0 Å². The normalized spacial score (nSPS) is 12.2. The van der Waals surface area contributed by atoms with Gasteiger partial charge in [0, 0.05) is 42.2 Å². The predicted octanol–water partition coefficient (Wildman–Crippen LogP) is 4.41. The minimum Gasteiger partial charge on any atom is -0.369 e. The molecule has 1 unspecified atom stereocenters. The van der Waals surface area contributed by atoms with Gasteiger partial charge in [-0.05, 0) is 24.8 Å². The lowest BCUT2D eigenvalue weighted by molar-refractivity contribution is 0.819. The molecule has 0 radical (unpaired) electrons. The molecule has 0 bridgehead atoms. The van der Waals surface area contributed by atoms with Gasteiger partial charge in [0.15, 0.2) is 0 Å². The molecule has 0 saturated heterocycles. The van der Waals surface area contributed by atoms with E-state index in [1.54, 1.807) is 30.1 Å². The Balaban J connectivity index is 1.54. The SMILES string of the molecule is CSCC(CNc1cc(-c2cnc(C)nc2)ncn1)c1cccc2scnc12. The first kappa shape index (κ1) is 18.8. The predicted molar refractivity (Wildman–Crippen MR) is 117 cm³/mol. The second kappa shape index (κ2) is 8.62. The van der Waals surface area contributed by atoms with E-state index in [1.807, 2.05) is 30.3 Å². The molecule has 0 aliphatic heterocycles. The fourth-order valence-electron chi connectivity index (χ4n) is 3.06. The molecule has 4 aromatic rings. The first-order valence-corrected chi connectivity index (χ1v) is 11.2. The van der Waals surface area contributed by atoms with Crippen molar-refractivity contribution >= 4 is 39.1 Å². The third-order valence-corrected chi connectivity index (χ3v) is 6.00. The number of aryl methyl sites for hydroxylation is 1. The summed E-state index contributed by atoms with van der Waals surface area (Å²) in [7, 11) is 0. The summed E-state index contributed by atoms with van der Waals surface area (Å²) in [6.45, 7) is 2.64. The highest BCUT2D eigenvalue weighted by Gasteiger charge is 2.16. The van der Waals surface area contributed by atoms with Gasteiger partial charge in [-0.2, -0.15) is 11.8 Å². The number of nitrogens with one attached hydrogen (secondary N) is 1. The Bertz CT molecular complexity index is 1060. The smallest absolute Gasteiger partial charge is 0.129 e. The monoisotopic (exact) mass is 408 g/mol. The van der Waals surface area contributed by atoms with E-state index in [0.29, 0.717) is 5.92 Å². The molecule has 1 aromatic carbocycles. The van der Waals surface area contributed by atoms with Crippen LogP contribution in [-0.2, 0) is 0 Å². The van der Waals surface area contributed by atoms with Crippen LogP contribution in [0.5, 0.6) is 0 Å². The summed E-state index contributed by atoms with van der Waals surface area (Å²) in [6.07, 6.45) is 7.28. The van der Waals surface area contributed by atoms with Crippen LogP contribution in [0.15, 0.2) is 48.5 Å². The highest BCUT2D eigenvalue weighted by molar-refractivity contribution is 7.98. The number of benzene rings is 1. The molecule has 1 atom stereocenters. The first-order chi connectivity index (χ1) is 13.7. The van der Waals surface area contributed by atoms with Crippen LogP contribution >= 0.6 is 23.1 Å². The van der Waals surface area contributed by atoms with Crippen molar-refractivity contribution in [2.75, 3.05) is 23.9 Å². The van der Waals surface area contributed by atoms with Crippen LogP contribution in [0.25, 0.3) is 21.5 Å². The zero-order valence-electron chi connectivity index (χ0n) is 15.7. The van der Waals surface area contributed by atoms with Crippen molar-refractivity contribution < 1.29 is 0 Å². The summed E-state index contributed by atoms with van der Waals surface area (Å²) in [5.74, 6) is 2.88. The summed E-state index contributed by atoms with van der Waals surface area (Å²) in [5.41, 5.74) is 5.98. The second-order valence-corrected chi connectivity index (χ2v) is 8.18. The zero-order chi connectivity index (χ0) is 19.3. The molecule has 4 rings (SSSR count). The van der Waals surface area contributed by atoms with Gasteiger partial charge in [-0.3, -0.25) is 0 Å². The van der Waals surface area contributed by atoms with Crippen molar-refractivity contribution in [3.63, 3.8) is 0 Å². The molecule has 0 amide bonds. The van der Waals surface area contributed by atoms with Gasteiger partial charge in [0.2, 0.25) is 0 Å². The van der Waals surface area contributed by atoms with Crippen molar-refractivity contribution in [3.8, 4) is 11.3 Å². The van der Waals surface area contributed by atoms with E-state index in [1.165, 1.54) is 10.3 Å². The van der Waals surface area contributed by atoms with Crippen LogP contribution in [0.1, 0.15) is 17.3 Å². The number of para-hydroxylation sites is 1. The maximum atomic E-state index is 4.58. The fourth-order valence-corrected chi connectivity index (χ4v) is 4.47. The first-order valence-electron chi connectivity index (χ1n) is 8.90. The standard InChI is InChI=1S/C20H20N6S2/c1-13-21-7-14(8-22-13)17-6-19(25-11-24-17)23-9-15(10-27-2)16-4-3-5-18-20(16)26-12-28-18/h3-8,11-12,15H,9-10H2,1-2H3,(H,23,24,25). The van der Waals surface area contributed by atoms with Crippen LogP contribution < -0.4 is 5.32 Å². The summed E-state index contributed by atoms with van der Waals surface area (Å²) >= 11 is 3.52. The molecule has 8 heteroatoms. The van der Waals surface area contributed by atoms with E-state index < -0.39 is 0 Å². The molecule has 28 heavy (non-hydrogen) atoms. The molecule has 0 fully saturated rings. The number of hydrogen-bond acceptors (Lipinski definition) is 8. The summed E-state index contributed by atoms with van der Waals surface area (Å²) in [4.78, 5) is 21.8. The molecule has 0 aliphatic rings. The van der Waals surface area contributed by atoms with Crippen molar-refractivity contribution in [1.82, 2.24) is 24.9 Å². The third kappa shape index (κ3) is 4.13. The number of nitrogens with zero attached hydrogens (tertiary/aromatic N) is 5. The number of anilines is 1. The molecular formula is C20H20N6S2. The number of hydrogen-bond donors (Lipinski definition) is 1. The highest BCUT2D eigenvalue weighted by Crippen LogP contribution is 2.29. The van der Waals surface area contributed by atoms with Crippen molar-refractivity contribution in [3.05, 3.63) is 59.9 Å². The van der Waals surface area contributed by atoms with E-state index in [-0.39, 0.29) is 0 Å². The average molecular weight is 409 g/mol. The van der Waals surface area contributed by atoms with Crippen molar-refractivity contribution in [2.45, 2.75) is 12.8 Å². The Kier molecular flexibility index (Phi) is 5.78. The lowest BCUT2D eigenvalue weighted by Crippen LogP contribution is -2.16. The number of aromatic nitrogens is 5. The van der Waals surface area contributed by atoms with E-state index in [0.717, 1.165) is 40.7 Å². The van der Waals surface area contributed by atoms with Crippen LogP contribution in [0.3, 0.4) is 0 Å². The van der Waals surface area contributed by atoms with Crippen LogP contribution in [0.4, 0.5) is 5.82 Å². The lowest BCUT2D eigenvalue weighted by atomic mass is 10.00. The molecule has 3 heterocycles. The summed E-state index contributed by atoms with van der Waals surface area (Å²) in [6, 6.07) is 8.36. The van der Waals surface area contributed by atoms with Gasteiger partial charge in [0.25, 0.3) is 0 Å². The minimum absolute atomic E-state index is 0.335. The fraction of sp³-hybridized carbons (Fsp3) is 0.250. The molecule has 142 valence electrons. The van der Waals surface area contributed by atoms with E-state index in [4.69, 9.17) is 0 Å². The summed E-state index contributed by atoms with van der Waals surface area (Å²) in [5, 5.41) is 3.48. The van der Waals surface area contributed by atoms with E-state index >= 15 is 0 Å². The van der Waals surface area contributed by atoms with Gasteiger partial charge in [0.1, 0.15) is 18.0 Å². The number of thioether (sulfide) groups is 1. The van der Waals surface area contributed by atoms with Crippen molar-refractivity contribution in [2.24, 2.45) is 0 Å². The van der Waals surface area contributed by atoms with Crippen molar-refractivity contribution in [1.29, 1.82) is 0 Å². The molecule has 6 nitrogen and oxygen atoms in total. The van der Waals surface area contributed by atoms with E-state index in [9.17, 15) is 0 Å².